The van der Waals surface area contributed by atoms with Crippen LogP contribution in [-0.4, -0.2) is 57.5 Å². The number of likely N-dealkylation sites (tertiary alicyclic amines) is 1. The van der Waals surface area contributed by atoms with E-state index < -0.39 is 24.1 Å². The lowest BCUT2D eigenvalue weighted by Gasteiger charge is -2.29. The lowest BCUT2D eigenvalue weighted by molar-refractivity contribution is -0.141. The fourth-order valence-corrected chi connectivity index (χ4v) is 2.50. The molecular weight excluding hydrogens is 276 g/mol. The maximum Gasteiger partial charge on any atom is 0.326 e. The minimum Gasteiger partial charge on any atom is -0.508 e. The molecule has 3 N–H and O–H groups in total. The van der Waals surface area contributed by atoms with Gasteiger partial charge in [0.2, 0.25) is 0 Å². The van der Waals surface area contributed by atoms with Crippen LogP contribution in [0.5, 0.6) is 5.75 Å². The third-order valence-corrected chi connectivity index (χ3v) is 3.50. The summed E-state index contributed by atoms with van der Waals surface area (Å²) in [5.74, 6) is -1.11. The number of aliphatic hydroxyl groups is 1. The SMILES string of the molecule is CCN(C(=O)N1C[C@@H](O)C[C@H]1C(=O)O)c1cccc(O)c1. The van der Waals surface area contributed by atoms with Gasteiger partial charge in [0.05, 0.1) is 6.10 Å². The number of nitrogens with zero attached hydrogens (tertiary/aromatic N) is 2. The minimum atomic E-state index is -1.13. The molecule has 0 bridgehead atoms. The van der Waals surface area contributed by atoms with Crippen LogP contribution in [0.1, 0.15) is 13.3 Å². The molecule has 1 heterocycles. The Morgan fingerprint density at radius 3 is 2.71 bits per heavy atom. The number of carbonyl (C=O) groups is 2. The molecule has 0 radical (unpaired) electrons. The predicted octanol–water partition coefficient (Wildman–Crippen LogP) is 0.858. The maximum atomic E-state index is 12.5. The molecule has 0 aromatic heterocycles. The van der Waals surface area contributed by atoms with Crippen LogP contribution in [0.25, 0.3) is 0 Å². The molecule has 7 nitrogen and oxygen atoms in total. The van der Waals surface area contributed by atoms with E-state index in [4.69, 9.17) is 5.11 Å². The lowest BCUT2D eigenvalue weighted by Crippen LogP contribution is -2.48. The number of β-amino-alcohol motifs (C(OH)–C–C–N with tert-alkyl or cyclic N) is 1. The molecule has 1 fully saturated rings. The number of carbonyl (C=O) groups excluding carboxylic acids is 1. The number of rotatable bonds is 3. The first-order chi connectivity index (χ1) is 9.93. The van der Waals surface area contributed by atoms with Crippen LogP contribution in [0.2, 0.25) is 0 Å². The van der Waals surface area contributed by atoms with Crippen LogP contribution >= 0.6 is 0 Å². The Morgan fingerprint density at radius 1 is 1.43 bits per heavy atom. The number of carboxylic acids is 1. The Hall–Kier alpha value is -2.28. The molecule has 114 valence electrons. The maximum absolute atomic E-state index is 12.5. The molecule has 1 aromatic rings. The van der Waals surface area contributed by atoms with Crippen molar-refractivity contribution in [1.82, 2.24) is 4.90 Å². The van der Waals surface area contributed by atoms with E-state index in [0.29, 0.717) is 12.2 Å². The summed E-state index contributed by atoms with van der Waals surface area (Å²) in [6, 6.07) is 4.66. The van der Waals surface area contributed by atoms with E-state index in [2.05, 4.69) is 0 Å². The fraction of sp³-hybridized carbons (Fsp3) is 0.429. The number of phenols is 1. The summed E-state index contributed by atoms with van der Waals surface area (Å²) >= 11 is 0. The molecule has 1 aliphatic heterocycles. The first-order valence-corrected chi connectivity index (χ1v) is 6.72. The number of hydrogen-bond acceptors (Lipinski definition) is 4. The molecule has 1 saturated heterocycles. The van der Waals surface area contributed by atoms with Crippen LogP contribution in [0.3, 0.4) is 0 Å². The number of amides is 2. The lowest BCUT2D eigenvalue weighted by atomic mass is 10.2. The van der Waals surface area contributed by atoms with Crippen LogP contribution in [-0.2, 0) is 4.79 Å². The molecule has 21 heavy (non-hydrogen) atoms. The number of benzene rings is 1. The second-order valence-corrected chi connectivity index (χ2v) is 4.94. The molecule has 0 spiro atoms. The Balaban J connectivity index is 2.26. The Bertz CT molecular complexity index is 548. The highest BCUT2D eigenvalue weighted by molar-refractivity contribution is 5.95. The average Bonchev–Trinajstić information content (AvgIpc) is 2.82. The highest BCUT2D eigenvalue weighted by Crippen LogP contribution is 2.25. The summed E-state index contributed by atoms with van der Waals surface area (Å²) in [6.07, 6.45) is -0.809. The molecular formula is C14H18N2O5. The molecule has 0 unspecified atom stereocenters. The molecule has 2 rings (SSSR count). The number of aliphatic carboxylic acids is 1. The highest BCUT2D eigenvalue weighted by Gasteiger charge is 2.40. The third kappa shape index (κ3) is 3.08. The van der Waals surface area contributed by atoms with E-state index in [1.165, 1.54) is 17.0 Å². The number of hydrogen-bond donors (Lipinski definition) is 3. The van der Waals surface area contributed by atoms with E-state index in [0.717, 1.165) is 4.90 Å². The monoisotopic (exact) mass is 294 g/mol. The molecule has 2 atom stereocenters. The normalized spacial score (nSPS) is 21.3. The van der Waals surface area contributed by atoms with Crippen molar-refractivity contribution in [2.24, 2.45) is 0 Å². The van der Waals surface area contributed by atoms with E-state index in [9.17, 15) is 19.8 Å². The van der Waals surface area contributed by atoms with Gasteiger partial charge in [0.25, 0.3) is 0 Å². The zero-order valence-electron chi connectivity index (χ0n) is 11.6. The van der Waals surface area contributed by atoms with Crippen molar-refractivity contribution in [2.75, 3.05) is 18.0 Å². The van der Waals surface area contributed by atoms with Gasteiger partial charge in [-0.15, -0.1) is 0 Å². The summed E-state index contributed by atoms with van der Waals surface area (Å²) in [4.78, 5) is 26.3. The van der Waals surface area contributed by atoms with Crippen LogP contribution < -0.4 is 4.90 Å². The topological polar surface area (TPSA) is 101 Å². The minimum absolute atomic E-state index is 0.00881. The van der Waals surface area contributed by atoms with E-state index in [1.54, 1.807) is 19.1 Å². The standard InChI is InChI=1S/C14H18N2O5/c1-2-15(9-4-3-5-10(17)6-9)14(21)16-8-11(18)7-12(16)13(19)20/h3-6,11-12,17-18H,2,7-8H2,1H3,(H,19,20)/t11-,12-/m0/s1. The second kappa shape index (κ2) is 6.01. The fourth-order valence-electron chi connectivity index (χ4n) is 2.50. The molecule has 7 heteroatoms. The third-order valence-electron chi connectivity index (χ3n) is 3.50. The van der Waals surface area contributed by atoms with E-state index >= 15 is 0 Å². The predicted molar refractivity (Wildman–Crippen MR) is 75.3 cm³/mol. The van der Waals surface area contributed by atoms with Crippen molar-refractivity contribution in [2.45, 2.75) is 25.5 Å². The zero-order chi connectivity index (χ0) is 15.6. The van der Waals surface area contributed by atoms with Crippen molar-refractivity contribution in [3.63, 3.8) is 0 Å². The second-order valence-electron chi connectivity index (χ2n) is 4.94. The number of carboxylic acid groups (broad SMARTS) is 1. The van der Waals surface area contributed by atoms with E-state index in [1.807, 2.05) is 0 Å². The van der Waals surface area contributed by atoms with Crippen molar-refractivity contribution < 1.29 is 24.9 Å². The summed E-state index contributed by atoms with van der Waals surface area (Å²) < 4.78 is 0. The van der Waals surface area contributed by atoms with Gasteiger partial charge in [-0.05, 0) is 19.1 Å². The van der Waals surface area contributed by atoms with Gasteiger partial charge >= 0.3 is 12.0 Å². The molecule has 0 aliphatic carbocycles. The molecule has 1 aromatic carbocycles. The first kappa shape index (κ1) is 15.1. The summed E-state index contributed by atoms with van der Waals surface area (Å²) in [5, 5.41) is 28.3. The van der Waals surface area contributed by atoms with Gasteiger partial charge in [0.15, 0.2) is 0 Å². The number of anilines is 1. The van der Waals surface area contributed by atoms with Crippen molar-refractivity contribution in [3.05, 3.63) is 24.3 Å². The zero-order valence-corrected chi connectivity index (χ0v) is 11.6. The van der Waals surface area contributed by atoms with Gasteiger partial charge in [0.1, 0.15) is 11.8 Å². The van der Waals surface area contributed by atoms with Gasteiger partial charge in [-0.1, -0.05) is 6.07 Å². The van der Waals surface area contributed by atoms with Gasteiger partial charge in [-0.3, -0.25) is 4.90 Å². The van der Waals surface area contributed by atoms with Crippen LogP contribution in [0.4, 0.5) is 10.5 Å². The molecule has 2 amide bonds. The molecule has 0 saturated carbocycles. The Labute approximate surface area is 122 Å². The van der Waals surface area contributed by atoms with Crippen molar-refractivity contribution in [1.29, 1.82) is 0 Å². The van der Waals surface area contributed by atoms with Gasteiger partial charge in [0, 0.05) is 31.3 Å². The van der Waals surface area contributed by atoms with Gasteiger partial charge < -0.3 is 20.2 Å². The summed E-state index contributed by atoms with van der Waals surface area (Å²) in [5.41, 5.74) is 0.480. The quantitative estimate of drug-likeness (QED) is 0.767. The Morgan fingerprint density at radius 2 is 2.14 bits per heavy atom. The number of phenolic OH excluding ortho intramolecular Hbond substituents is 1. The van der Waals surface area contributed by atoms with Crippen molar-refractivity contribution >= 4 is 17.7 Å². The van der Waals surface area contributed by atoms with Crippen LogP contribution in [0.15, 0.2) is 24.3 Å². The smallest absolute Gasteiger partial charge is 0.326 e. The average molecular weight is 294 g/mol. The van der Waals surface area contributed by atoms with Crippen LogP contribution in [0, 0.1) is 0 Å². The van der Waals surface area contributed by atoms with Crippen molar-refractivity contribution in [3.8, 4) is 5.75 Å². The largest absolute Gasteiger partial charge is 0.508 e. The number of urea groups is 1. The van der Waals surface area contributed by atoms with E-state index in [-0.39, 0.29) is 18.7 Å². The highest BCUT2D eigenvalue weighted by atomic mass is 16.4. The number of aliphatic hydroxyl groups excluding tert-OH is 1. The number of aromatic hydroxyl groups is 1. The van der Waals surface area contributed by atoms with Gasteiger partial charge in [-0.25, -0.2) is 9.59 Å². The summed E-state index contributed by atoms with van der Waals surface area (Å²) in [7, 11) is 0. The van der Waals surface area contributed by atoms with Gasteiger partial charge in [-0.2, -0.15) is 0 Å². The summed E-state index contributed by atoms with van der Waals surface area (Å²) in [6.45, 7) is 2.07. The first-order valence-electron chi connectivity index (χ1n) is 6.72. The Kier molecular flexibility index (Phi) is 4.32. The molecule has 1 aliphatic rings.